The number of aliphatic carboxylic acids is 1. The van der Waals surface area contributed by atoms with Crippen LogP contribution in [-0.4, -0.2) is 123 Å². The summed E-state index contributed by atoms with van der Waals surface area (Å²) in [7, 11) is -13.9. The number of hydrogen-bond donors (Lipinski definition) is 8. The van der Waals surface area contributed by atoms with Crippen LogP contribution in [0.4, 0.5) is 0 Å². The minimum absolute atomic E-state index is 0.00826. The van der Waals surface area contributed by atoms with E-state index < -0.39 is 95.9 Å². The molecule has 4 rings (SSSR count). The quantitative estimate of drug-likeness (QED) is 0.0407. The zero-order valence-electron chi connectivity index (χ0n) is 35.7. The van der Waals surface area contributed by atoms with Crippen molar-refractivity contribution in [2.24, 2.45) is 5.73 Å². The normalized spacial score (nSPS) is 14.4. The molecule has 0 radical (unpaired) electrons. The van der Waals surface area contributed by atoms with E-state index in [0.29, 0.717) is 17.7 Å². The number of sulfonamides is 1. The predicted octanol–water partition coefficient (Wildman–Crippen LogP) is 0.798. The van der Waals surface area contributed by atoms with Gasteiger partial charge in [-0.15, -0.1) is 11.3 Å². The van der Waals surface area contributed by atoms with Gasteiger partial charge in [0.2, 0.25) is 21.8 Å². The van der Waals surface area contributed by atoms with Crippen LogP contribution >= 0.6 is 11.3 Å². The first-order chi connectivity index (χ1) is 30.4. The first-order valence-corrected chi connectivity index (χ1v) is 26.0. The first kappa shape index (κ1) is 52.7. The van der Waals surface area contributed by atoms with Crippen molar-refractivity contribution < 1.29 is 68.2 Å². The van der Waals surface area contributed by atoms with E-state index in [-0.39, 0.29) is 60.6 Å². The van der Waals surface area contributed by atoms with E-state index in [1.54, 1.807) is 6.07 Å². The standard InChI is InChI=1S/C40H54N6O15S4/c1-24-19-28(61-18-6-10-36(48)42-17-5-9-34(47)33(23-64(56,57)58)45-38(49)30(41)22-63(53,54)55)20-25(2)37(24)65(59,60)46-32(40(51)52)21-43-39(50)35-16-15-29(62-35)14-13-27-12-11-26-7-3-4-8-31(26)44-27/h11-12,15-16,19-20,30,32-33,46H,3-10,13-14,17-18,21-23,41H2,1-2H3,(H,42,48)(H,43,50)(H,45,49)(H,51,52)(H,53,54,55)(H,56,57,58)/t30-,32?,33?/m0/s1. The average molecular weight is 987 g/mol. The van der Waals surface area contributed by atoms with Gasteiger partial charge in [-0.1, -0.05) is 6.07 Å². The first-order valence-electron chi connectivity index (χ1n) is 20.5. The van der Waals surface area contributed by atoms with Crippen LogP contribution < -0.4 is 31.1 Å². The molecule has 1 aliphatic carbocycles. The Hall–Kier alpha value is -4.89. The summed E-state index contributed by atoms with van der Waals surface area (Å²) >= 11 is 1.26. The van der Waals surface area contributed by atoms with Gasteiger partial charge in [0.1, 0.15) is 29.6 Å². The maximum atomic E-state index is 13.5. The van der Waals surface area contributed by atoms with Gasteiger partial charge in [0, 0.05) is 42.2 Å². The fourth-order valence-electron chi connectivity index (χ4n) is 6.96. The zero-order valence-corrected chi connectivity index (χ0v) is 39.0. The number of aryl methyl sites for hydroxylation is 6. The third-order valence-corrected chi connectivity index (χ3v) is 14.5. The molecule has 9 N–H and O–H groups in total. The van der Waals surface area contributed by atoms with Crippen molar-refractivity contribution in [3.63, 3.8) is 0 Å². The van der Waals surface area contributed by atoms with Crippen molar-refractivity contribution in [1.82, 2.24) is 25.7 Å². The van der Waals surface area contributed by atoms with Crippen LogP contribution in [0.15, 0.2) is 41.3 Å². The smallest absolute Gasteiger partial charge is 0.323 e. The summed E-state index contributed by atoms with van der Waals surface area (Å²) in [5.41, 5.74) is 9.30. The summed E-state index contributed by atoms with van der Waals surface area (Å²) in [5, 5.41) is 16.9. The van der Waals surface area contributed by atoms with E-state index >= 15 is 0 Å². The molecule has 65 heavy (non-hydrogen) atoms. The second-order valence-corrected chi connectivity index (χ2v) is 21.3. The van der Waals surface area contributed by atoms with Gasteiger partial charge in [-0.2, -0.15) is 21.6 Å². The molecule has 21 nitrogen and oxygen atoms in total. The lowest BCUT2D eigenvalue weighted by atomic mass is 9.95. The van der Waals surface area contributed by atoms with Crippen molar-refractivity contribution >= 4 is 71.1 Å². The van der Waals surface area contributed by atoms with Crippen LogP contribution in [0.3, 0.4) is 0 Å². The maximum Gasteiger partial charge on any atom is 0.323 e. The summed E-state index contributed by atoms with van der Waals surface area (Å²) in [4.78, 5) is 68.2. The Bertz CT molecular complexity index is 2540. The molecule has 3 atom stereocenters. The molecule has 1 aliphatic rings. The molecule has 2 aromatic heterocycles. The molecule has 0 fully saturated rings. The Balaban J connectivity index is 1.20. The largest absolute Gasteiger partial charge is 0.494 e. The number of benzene rings is 1. The van der Waals surface area contributed by atoms with E-state index in [9.17, 15) is 58.9 Å². The number of carboxylic acid groups (broad SMARTS) is 1. The highest BCUT2D eigenvalue weighted by molar-refractivity contribution is 7.89. The number of pyridine rings is 1. The number of ketones is 1. The second kappa shape index (κ2) is 23.5. The van der Waals surface area contributed by atoms with Gasteiger partial charge in [-0.3, -0.25) is 38.1 Å². The van der Waals surface area contributed by atoms with Crippen LogP contribution in [-0.2, 0) is 75.1 Å². The molecule has 0 aliphatic heterocycles. The molecule has 0 bridgehead atoms. The second-order valence-electron chi connectivity index (χ2n) is 15.5. The number of nitrogens with one attached hydrogen (secondary N) is 4. The number of amides is 3. The molecule has 2 heterocycles. The molecule has 3 aromatic rings. The van der Waals surface area contributed by atoms with Crippen LogP contribution in [0.2, 0.25) is 0 Å². The topological polar surface area (TPSA) is 345 Å². The van der Waals surface area contributed by atoms with Gasteiger partial charge in [0.05, 0.1) is 22.1 Å². The Morgan fingerprint density at radius 1 is 0.846 bits per heavy atom. The maximum absolute atomic E-state index is 13.5. The lowest BCUT2D eigenvalue weighted by molar-refractivity contribution is -0.138. The third-order valence-electron chi connectivity index (χ3n) is 10.1. The lowest BCUT2D eigenvalue weighted by Gasteiger charge is -2.19. The number of rotatable bonds is 26. The molecular formula is C40H54N6O15S4. The van der Waals surface area contributed by atoms with Crippen LogP contribution in [0.1, 0.15) is 81.2 Å². The molecule has 0 saturated carbocycles. The molecule has 25 heteroatoms. The monoisotopic (exact) mass is 986 g/mol. The minimum Gasteiger partial charge on any atom is -0.494 e. The van der Waals surface area contributed by atoms with Crippen molar-refractivity contribution in [3.8, 4) is 5.75 Å². The summed E-state index contributed by atoms with van der Waals surface area (Å²) in [6, 6.07) is 5.20. The number of thiophene rings is 1. The van der Waals surface area contributed by atoms with Crippen LogP contribution in [0.5, 0.6) is 5.75 Å². The van der Waals surface area contributed by atoms with Gasteiger partial charge in [0.15, 0.2) is 5.78 Å². The number of aromatic nitrogens is 1. The highest BCUT2D eigenvalue weighted by atomic mass is 32.2. The van der Waals surface area contributed by atoms with Crippen molar-refractivity contribution in [2.75, 3.05) is 31.2 Å². The number of ether oxygens (including phenoxy) is 1. The highest BCUT2D eigenvalue weighted by Crippen LogP contribution is 2.27. The molecule has 3 amide bonds. The number of carbonyl (C=O) groups is 5. The Labute approximate surface area is 381 Å². The number of hydrogen-bond acceptors (Lipinski definition) is 15. The Morgan fingerprint density at radius 3 is 2.18 bits per heavy atom. The van der Waals surface area contributed by atoms with E-state index in [1.807, 2.05) is 17.4 Å². The third kappa shape index (κ3) is 17.5. The number of carboxylic acids is 1. The summed E-state index contributed by atoms with van der Waals surface area (Å²) in [6.07, 6.45) is 5.52. The van der Waals surface area contributed by atoms with E-state index in [0.717, 1.165) is 35.5 Å². The van der Waals surface area contributed by atoms with E-state index in [2.05, 4.69) is 21.4 Å². The van der Waals surface area contributed by atoms with Gasteiger partial charge in [-0.05, 0) is 112 Å². The number of fused-ring (bicyclic) bond motifs is 1. The Kier molecular flexibility index (Phi) is 19.1. The van der Waals surface area contributed by atoms with Gasteiger partial charge >= 0.3 is 5.97 Å². The predicted molar refractivity (Wildman–Crippen MR) is 237 cm³/mol. The van der Waals surface area contributed by atoms with Crippen LogP contribution in [0.25, 0.3) is 0 Å². The van der Waals surface area contributed by atoms with E-state index in [1.165, 1.54) is 49.3 Å². The fourth-order valence-corrected chi connectivity index (χ4v) is 10.8. The minimum atomic E-state index is -4.78. The number of nitrogens with zero attached hydrogens (tertiary/aromatic N) is 1. The molecule has 0 saturated heterocycles. The average Bonchev–Trinajstić information content (AvgIpc) is 3.69. The van der Waals surface area contributed by atoms with Crippen LogP contribution in [0, 0.1) is 13.8 Å². The number of nitrogens with two attached hydrogens (primary N) is 1. The van der Waals surface area contributed by atoms with Gasteiger partial charge < -0.3 is 31.5 Å². The van der Waals surface area contributed by atoms with Crippen molar-refractivity contribution in [2.45, 2.75) is 101 Å². The molecule has 358 valence electrons. The van der Waals surface area contributed by atoms with E-state index in [4.69, 9.17) is 20.0 Å². The molecule has 0 spiro atoms. The number of carbonyl (C=O) groups excluding carboxylic acids is 4. The SMILES string of the molecule is Cc1cc(OCCCC(=O)NCCCC(=O)C(CS(=O)(=O)O)NC(=O)[C@@H](N)CS(=O)(=O)O)cc(C)c1S(=O)(=O)NC(CNC(=O)c1ccc(CCc2ccc3c(n2)CCCC3)s1)C(=O)O. The zero-order chi connectivity index (χ0) is 48.1. The fraction of sp³-hybridized carbons (Fsp3) is 0.500. The molecule has 2 unspecified atom stereocenters. The Morgan fingerprint density at radius 2 is 1.52 bits per heavy atom. The summed E-state index contributed by atoms with van der Waals surface area (Å²) in [5.74, 6) is -6.75. The van der Waals surface area contributed by atoms with Gasteiger partial charge in [-0.25, -0.2) is 8.42 Å². The van der Waals surface area contributed by atoms with Crippen molar-refractivity contribution in [1.29, 1.82) is 0 Å². The summed E-state index contributed by atoms with van der Waals surface area (Å²) < 4.78 is 97.7. The summed E-state index contributed by atoms with van der Waals surface area (Å²) in [6.45, 7) is 2.46. The lowest BCUT2D eigenvalue weighted by Crippen LogP contribution is -2.52. The number of Topliss-reactive ketones (excluding diaryl/α,β-unsaturated/α-hetero) is 1. The highest BCUT2D eigenvalue weighted by Gasteiger charge is 2.31. The molecular weight excluding hydrogens is 933 g/mol. The van der Waals surface area contributed by atoms with Gasteiger partial charge in [0.25, 0.3) is 26.1 Å². The molecule has 1 aromatic carbocycles. The van der Waals surface area contributed by atoms with Crippen molar-refractivity contribution in [3.05, 3.63) is 74.2 Å².